The lowest BCUT2D eigenvalue weighted by atomic mass is 10.1. The summed E-state index contributed by atoms with van der Waals surface area (Å²) in [4.78, 5) is 28.7. The predicted octanol–water partition coefficient (Wildman–Crippen LogP) is 4.30. The molecule has 0 bridgehead atoms. The molecule has 1 unspecified atom stereocenters. The Morgan fingerprint density at radius 2 is 1.74 bits per heavy atom. The van der Waals surface area contributed by atoms with E-state index in [-0.39, 0.29) is 67.1 Å². The molecule has 4 atom stereocenters. The van der Waals surface area contributed by atoms with Gasteiger partial charge in [0.1, 0.15) is 37.7 Å². The van der Waals surface area contributed by atoms with E-state index in [4.69, 9.17) is 37.2 Å². The third kappa shape index (κ3) is 7.99. The van der Waals surface area contributed by atoms with Gasteiger partial charge >= 0.3 is 22.8 Å². The second-order valence-electron chi connectivity index (χ2n) is 12.2. The average Bonchev–Trinajstić information content (AvgIpc) is 3.23. The van der Waals surface area contributed by atoms with Crippen molar-refractivity contribution in [2.24, 2.45) is 0 Å². The number of hydrogen-bond acceptors (Lipinski definition) is 11. The van der Waals surface area contributed by atoms with Crippen LogP contribution in [0.1, 0.15) is 75.0 Å². The highest BCUT2D eigenvalue weighted by Crippen LogP contribution is 2.48. The lowest BCUT2D eigenvalue weighted by Crippen LogP contribution is -2.66. The van der Waals surface area contributed by atoms with Crippen molar-refractivity contribution in [3.63, 3.8) is 0 Å². The fourth-order valence-corrected chi connectivity index (χ4v) is 17.0. The maximum Gasteiger partial charge on any atom is 0.351 e. The Kier molecular flexibility index (Phi) is 12.6. The van der Waals surface area contributed by atoms with Crippen molar-refractivity contribution < 1.29 is 36.7 Å². The fourth-order valence-electron chi connectivity index (χ4n) is 5.78. The average molecular weight is 641 g/mol. The molecule has 15 heteroatoms. The minimum Gasteiger partial charge on any atom is -0.414 e. The van der Waals surface area contributed by atoms with Crippen LogP contribution >= 0.6 is 0 Å². The van der Waals surface area contributed by atoms with E-state index in [1.165, 1.54) is 23.8 Å². The molecule has 0 spiro atoms. The molecule has 1 aromatic heterocycles. The van der Waals surface area contributed by atoms with Crippen LogP contribution in [0.15, 0.2) is 17.1 Å². The molecule has 0 aromatic carbocycles. The van der Waals surface area contributed by atoms with Gasteiger partial charge in [0, 0.05) is 13.1 Å². The van der Waals surface area contributed by atoms with E-state index in [0.29, 0.717) is 0 Å². The standard InChI is InChI=1S/C28H48N4O9Si2/c1-18(2)42(19(3)4)38-15-23-25(40-43(41-42,20(5)6)21(7)8)26(37-17-36-16-35-14-10-12-29)27(39-23)32-13-11-24(30-22(9)33)31-28(32)34/h11,13,18-21,23,25-27H,10,14-17H2,1-9H3,(H,30,31,33,34)/t23-,25?,26+,27-/m1/s1. The van der Waals surface area contributed by atoms with Crippen LogP contribution in [0.5, 0.6) is 0 Å². The van der Waals surface area contributed by atoms with Gasteiger partial charge in [0.2, 0.25) is 5.91 Å². The van der Waals surface area contributed by atoms with Crippen molar-refractivity contribution >= 4 is 28.8 Å². The van der Waals surface area contributed by atoms with Crippen LogP contribution in [0.4, 0.5) is 5.82 Å². The minimum absolute atomic E-state index is 0.0679. The van der Waals surface area contributed by atoms with E-state index in [0.717, 1.165) is 0 Å². The Balaban J connectivity index is 2.03. The van der Waals surface area contributed by atoms with E-state index in [1.54, 1.807) is 0 Å². The van der Waals surface area contributed by atoms with E-state index >= 15 is 0 Å². The maximum atomic E-state index is 13.2. The highest BCUT2D eigenvalue weighted by atomic mass is 28.5. The Morgan fingerprint density at radius 3 is 2.30 bits per heavy atom. The highest BCUT2D eigenvalue weighted by molar-refractivity contribution is 6.84. The number of aromatic nitrogens is 2. The molecule has 0 saturated carbocycles. The monoisotopic (exact) mass is 640 g/mol. The van der Waals surface area contributed by atoms with E-state index in [2.05, 4.69) is 65.7 Å². The molecule has 13 nitrogen and oxygen atoms in total. The summed E-state index contributed by atoms with van der Waals surface area (Å²) in [7, 11) is -5.83. The lowest BCUT2D eigenvalue weighted by molar-refractivity contribution is -0.175. The smallest absolute Gasteiger partial charge is 0.351 e. The Labute approximate surface area is 256 Å². The third-order valence-corrected chi connectivity index (χ3v) is 18.1. The van der Waals surface area contributed by atoms with E-state index in [9.17, 15) is 9.59 Å². The number of carbonyl (C=O) groups is 1. The zero-order chi connectivity index (χ0) is 31.9. The largest absolute Gasteiger partial charge is 0.414 e. The number of rotatable bonds is 13. The molecule has 2 aliphatic heterocycles. The first-order chi connectivity index (χ1) is 20.3. The molecule has 2 aliphatic rings. The molecular weight excluding hydrogens is 592 g/mol. The Morgan fingerprint density at radius 1 is 1.09 bits per heavy atom. The van der Waals surface area contributed by atoms with Gasteiger partial charge in [-0.15, -0.1) is 0 Å². The molecule has 1 aromatic rings. The summed E-state index contributed by atoms with van der Waals surface area (Å²) < 4.78 is 46.3. The van der Waals surface area contributed by atoms with Crippen molar-refractivity contribution in [3.05, 3.63) is 22.7 Å². The second-order valence-corrected chi connectivity index (χ2v) is 21.0. The Hall–Kier alpha value is -2.01. The minimum atomic E-state index is -3.02. The molecule has 3 rings (SSSR count). The first-order valence-electron chi connectivity index (χ1n) is 15.0. The van der Waals surface area contributed by atoms with Gasteiger partial charge in [-0.25, -0.2) is 4.79 Å². The summed E-state index contributed by atoms with van der Waals surface area (Å²) in [5.41, 5.74) is -0.163. The zero-order valence-corrected chi connectivity index (χ0v) is 28.8. The summed E-state index contributed by atoms with van der Waals surface area (Å²) in [6, 6.07) is 3.54. The summed E-state index contributed by atoms with van der Waals surface area (Å²) in [6.07, 6.45) is -1.16. The van der Waals surface area contributed by atoms with Crippen LogP contribution in [0.3, 0.4) is 0 Å². The topological polar surface area (TPSA) is 152 Å². The summed E-state index contributed by atoms with van der Waals surface area (Å²) in [5, 5.41) is 11.2. The van der Waals surface area contributed by atoms with Crippen molar-refractivity contribution in [2.75, 3.05) is 32.1 Å². The first-order valence-corrected chi connectivity index (χ1v) is 18.9. The van der Waals surface area contributed by atoms with Crippen molar-refractivity contribution in [1.82, 2.24) is 9.55 Å². The quantitative estimate of drug-likeness (QED) is 0.187. The number of ether oxygens (including phenoxy) is 4. The van der Waals surface area contributed by atoms with Crippen molar-refractivity contribution in [2.45, 2.75) is 115 Å². The number of fused-ring (bicyclic) bond motifs is 1. The highest BCUT2D eigenvalue weighted by Gasteiger charge is 2.62. The van der Waals surface area contributed by atoms with Crippen LogP contribution in [0, 0.1) is 11.3 Å². The molecule has 0 aliphatic carbocycles. The molecule has 0 radical (unpaired) electrons. The number of nitriles is 1. The molecule has 1 amide bonds. The van der Waals surface area contributed by atoms with Gasteiger partial charge in [-0.3, -0.25) is 9.36 Å². The SMILES string of the molecule is CC(=O)Nc1ccn([C@@H]2O[C@@H]3CO[Si](C(C)C)(C(C)C)O[Si](C(C)C)(C(C)C)OC3[C@@H]2OCOCOCCC#N)c(=O)n1. The predicted molar refractivity (Wildman–Crippen MR) is 162 cm³/mol. The number of nitrogens with zero attached hydrogens (tertiary/aromatic N) is 3. The molecule has 242 valence electrons. The van der Waals surface area contributed by atoms with Gasteiger partial charge in [-0.05, 0) is 28.2 Å². The van der Waals surface area contributed by atoms with E-state index < -0.39 is 47.4 Å². The fraction of sp³-hybridized carbons (Fsp3) is 0.786. The number of amides is 1. The third-order valence-electron chi connectivity index (χ3n) is 7.89. The van der Waals surface area contributed by atoms with Crippen LogP contribution in [0.25, 0.3) is 0 Å². The number of carbonyl (C=O) groups excluding carboxylic acids is 1. The van der Waals surface area contributed by atoms with Gasteiger partial charge in [-0.2, -0.15) is 10.2 Å². The van der Waals surface area contributed by atoms with Crippen LogP contribution in [-0.4, -0.2) is 77.7 Å². The normalized spacial score (nSPS) is 25.0. The number of nitrogens with one attached hydrogen (secondary N) is 1. The van der Waals surface area contributed by atoms with Gasteiger partial charge in [-0.1, -0.05) is 55.4 Å². The van der Waals surface area contributed by atoms with Gasteiger partial charge in [0.15, 0.2) is 6.23 Å². The molecule has 2 fully saturated rings. The van der Waals surface area contributed by atoms with Gasteiger partial charge in [0.05, 0.1) is 25.7 Å². The van der Waals surface area contributed by atoms with E-state index in [1.807, 2.05) is 6.07 Å². The zero-order valence-electron chi connectivity index (χ0n) is 26.8. The number of anilines is 1. The second kappa shape index (κ2) is 15.3. The molecule has 3 heterocycles. The first kappa shape index (κ1) is 35.5. The van der Waals surface area contributed by atoms with Crippen molar-refractivity contribution in [3.8, 4) is 6.07 Å². The Bertz CT molecular complexity index is 1160. The summed E-state index contributed by atoms with van der Waals surface area (Å²) in [5.74, 6) is -0.204. The molecule has 1 N–H and O–H groups in total. The van der Waals surface area contributed by atoms with Gasteiger partial charge < -0.3 is 37.2 Å². The van der Waals surface area contributed by atoms with Gasteiger partial charge in [0.25, 0.3) is 0 Å². The summed E-state index contributed by atoms with van der Waals surface area (Å²) in [6.45, 7) is 18.6. The summed E-state index contributed by atoms with van der Waals surface area (Å²) >= 11 is 0. The van der Waals surface area contributed by atoms with Crippen LogP contribution < -0.4 is 11.0 Å². The maximum absolute atomic E-state index is 13.2. The van der Waals surface area contributed by atoms with Crippen molar-refractivity contribution in [1.29, 1.82) is 5.26 Å². The van der Waals surface area contributed by atoms with Crippen LogP contribution in [-0.2, 0) is 36.7 Å². The number of hydrogen-bond donors (Lipinski definition) is 1. The molecular formula is C28H48N4O9Si2. The van der Waals surface area contributed by atoms with Crippen LogP contribution in [0.2, 0.25) is 22.2 Å². The lowest BCUT2D eigenvalue weighted by Gasteiger charge is -2.51. The molecule has 2 saturated heterocycles. The molecule has 43 heavy (non-hydrogen) atoms.